The lowest BCUT2D eigenvalue weighted by Gasteiger charge is -2.22. The van der Waals surface area contributed by atoms with Gasteiger partial charge in [-0.25, -0.2) is 0 Å². The van der Waals surface area contributed by atoms with E-state index in [9.17, 15) is 0 Å². The molecule has 1 fully saturated rings. The van der Waals surface area contributed by atoms with E-state index in [4.69, 9.17) is 0 Å². The second kappa shape index (κ2) is 8.05. The summed E-state index contributed by atoms with van der Waals surface area (Å²) in [7, 11) is 3.72. The van der Waals surface area contributed by atoms with Crippen LogP contribution < -0.4 is 15.5 Å². The van der Waals surface area contributed by atoms with Crippen molar-refractivity contribution in [3.05, 3.63) is 47.8 Å². The summed E-state index contributed by atoms with van der Waals surface area (Å²) < 4.78 is 1.81. The summed E-state index contributed by atoms with van der Waals surface area (Å²) in [5.41, 5.74) is 3.73. The number of aliphatic imine (C=N–C) groups is 1. The molecule has 1 atom stereocenters. The molecular weight excluding hydrogens is 312 g/mol. The number of hydrogen-bond acceptors (Lipinski definition) is 3. The van der Waals surface area contributed by atoms with Crippen molar-refractivity contribution >= 4 is 11.6 Å². The molecular formula is C19H28N6. The van der Waals surface area contributed by atoms with Crippen LogP contribution in [0.25, 0.3) is 0 Å². The fourth-order valence-corrected chi connectivity index (χ4v) is 3.20. The Morgan fingerprint density at radius 1 is 1.32 bits per heavy atom. The minimum Gasteiger partial charge on any atom is -0.372 e. The third-order valence-corrected chi connectivity index (χ3v) is 4.64. The molecule has 2 aromatic rings. The first-order valence-corrected chi connectivity index (χ1v) is 8.95. The highest BCUT2D eigenvalue weighted by Crippen LogP contribution is 2.23. The monoisotopic (exact) mass is 340 g/mol. The molecule has 6 nitrogen and oxygen atoms in total. The average molecular weight is 340 g/mol. The predicted octanol–water partition coefficient (Wildman–Crippen LogP) is 2.45. The Bertz CT molecular complexity index is 714. The highest BCUT2D eigenvalue weighted by molar-refractivity contribution is 5.80. The third kappa shape index (κ3) is 4.53. The summed E-state index contributed by atoms with van der Waals surface area (Å²) in [5, 5.41) is 11.0. The molecule has 134 valence electrons. The van der Waals surface area contributed by atoms with Gasteiger partial charge in [-0.05, 0) is 37.5 Å². The van der Waals surface area contributed by atoms with E-state index in [2.05, 4.69) is 56.8 Å². The molecule has 0 aliphatic carbocycles. The Morgan fingerprint density at radius 2 is 2.12 bits per heavy atom. The first kappa shape index (κ1) is 17.3. The van der Waals surface area contributed by atoms with E-state index in [0.29, 0.717) is 6.54 Å². The minimum atomic E-state index is 0.183. The molecule has 0 saturated carbocycles. The lowest BCUT2D eigenvalue weighted by Crippen LogP contribution is -2.38. The van der Waals surface area contributed by atoms with Crippen LogP contribution >= 0.6 is 0 Å². The van der Waals surface area contributed by atoms with Gasteiger partial charge in [0.2, 0.25) is 0 Å². The molecule has 1 aromatic carbocycles. The average Bonchev–Trinajstić information content (AvgIpc) is 3.30. The smallest absolute Gasteiger partial charge is 0.191 e. The number of nitrogens with zero attached hydrogens (tertiary/aromatic N) is 4. The van der Waals surface area contributed by atoms with Crippen LogP contribution in [-0.4, -0.2) is 35.9 Å². The van der Waals surface area contributed by atoms with Gasteiger partial charge in [0.25, 0.3) is 0 Å². The third-order valence-electron chi connectivity index (χ3n) is 4.64. The van der Waals surface area contributed by atoms with Crippen molar-refractivity contribution < 1.29 is 0 Å². The maximum Gasteiger partial charge on any atom is 0.191 e. The number of aryl methyl sites for hydroxylation is 1. The van der Waals surface area contributed by atoms with E-state index >= 15 is 0 Å². The number of guanidine groups is 1. The second-order valence-corrected chi connectivity index (χ2v) is 6.60. The quantitative estimate of drug-likeness (QED) is 0.648. The van der Waals surface area contributed by atoms with Crippen LogP contribution in [0.5, 0.6) is 0 Å². The van der Waals surface area contributed by atoms with Gasteiger partial charge < -0.3 is 15.5 Å². The van der Waals surface area contributed by atoms with Crippen molar-refractivity contribution in [2.75, 3.05) is 25.0 Å². The van der Waals surface area contributed by atoms with Crippen LogP contribution in [0.4, 0.5) is 5.69 Å². The SMILES string of the molecule is CN=C(NCc1cnn(C)c1)NC(C)c1cccc(N2CCCC2)c1. The van der Waals surface area contributed by atoms with E-state index in [1.807, 2.05) is 19.4 Å². The van der Waals surface area contributed by atoms with E-state index < -0.39 is 0 Å². The molecule has 1 aliphatic rings. The zero-order valence-corrected chi connectivity index (χ0v) is 15.4. The van der Waals surface area contributed by atoms with Gasteiger partial charge in [-0.2, -0.15) is 5.10 Å². The zero-order valence-electron chi connectivity index (χ0n) is 15.4. The molecule has 2 heterocycles. The van der Waals surface area contributed by atoms with Crippen molar-refractivity contribution in [2.45, 2.75) is 32.4 Å². The van der Waals surface area contributed by atoms with Crippen LogP contribution in [0.2, 0.25) is 0 Å². The highest BCUT2D eigenvalue weighted by atomic mass is 15.2. The summed E-state index contributed by atoms with van der Waals surface area (Å²) in [5.74, 6) is 0.794. The van der Waals surface area contributed by atoms with Crippen molar-refractivity contribution in [2.24, 2.45) is 12.0 Å². The Hall–Kier alpha value is -2.50. The van der Waals surface area contributed by atoms with Crippen molar-refractivity contribution in [1.82, 2.24) is 20.4 Å². The van der Waals surface area contributed by atoms with Crippen LogP contribution in [0.1, 0.15) is 36.9 Å². The minimum absolute atomic E-state index is 0.183. The number of nitrogens with one attached hydrogen (secondary N) is 2. The van der Waals surface area contributed by atoms with Crippen molar-refractivity contribution in [3.63, 3.8) is 0 Å². The highest BCUT2D eigenvalue weighted by Gasteiger charge is 2.14. The van der Waals surface area contributed by atoms with Gasteiger partial charge in [0, 0.05) is 51.2 Å². The van der Waals surface area contributed by atoms with E-state index in [1.54, 1.807) is 11.7 Å². The number of aromatic nitrogens is 2. The molecule has 1 unspecified atom stereocenters. The lowest BCUT2D eigenvalue weighted by molar-refractivity contribution is 0.685. The topological polar surface area (TPSA) is 57.5 Å². The van der Waals surface area contributed by atoms with Gasteiger partial charge in [-0.15, -0.1) is 0 Å². The molecule has 1 aromatic heterocycles. The molecule has 0 radical (unpaired) electrons. The summed E-state index contributed by atoms with van der Waals surface area (Å²) in [6.07, 6.45) is 6.46. The summed E-state index contributed by atoms with van der Waals surface area (Å²) in [6.45, 7) is 5.20. The van der Waals surface area contributed by atoms with E-state index in [0.717, 1.165) is 11.5 Å². The number of hydrogen-bond donors (Lipinski definition) is 2. The van der Waals surface area contributed by atoms with E-state index in [-0.39, 0.29) is 6.04 Å². The standard InChI is InChI=1S/C19H28N6/c1-15(17-7-6-8-18(11-17)25-9-4-5-10-25)23-19(20-2)21-12-16-13-22-24(3)14-16/h6-8,11,13-15H,4-5,9-10,12H2,1-3H3,(H2,20,21,23). The van der Waals surface area contributed by atoms with Crippen molar-refractivity contribution in [3.8, 4) is 0 Å². The molecule has 0 bridgehead atoms. The van der Waals surface area contributed by atoms with E-state index in [1.165, 1.54) is 37.2 Å². The molecule has 6 heteroatoms. The maximum absolute atomic E-state index is 4.33. The molecule has 25 heavy (non-hydrogen) atoms. The van der Waals surface area contributed by atoms with Gasteiger partial charge in [0.1, 0.15) is 0 Å². The zero-order chi connectivity index (χ0) is 17.6. The van der Waals surface area contributed by atoms with Crippen LogP contribution in [0.15, 0.2) is 41.7 Å². The van der Waals surface area contributed by atoms with Crippen LogP contribution in [0, 0.1) is 0 Å². The van der Waals surface area contributed by atoms with Crippen LogP contribution in [0.3, 0.4) is 0 Å². The fourth-order valence-electron chi connectivity index (χ4n) is 3.20. The van der Waals surface area contributed by atoms with Gasteiger partial charge in [-0.1, -0.05) is 12.1 Å². The molecule has 0 amide bonds. The van der Waals surface area contributed by atoms with Gasteiger partial charge in [0.15, 0.2) is 5.96 Å². The summed E-state index contributed by atoms with van der Waals surface area (Å²) in [6, 6.07) is 9.00. The van der Waals surface area contributed by atoms with Gasteiger partial charge in [-0.3, -0.25) is 9.67 Å². The first-order valence-electron chi connectivity index (χ1n) is 8.95. The second-order valence-electron chi connectivity index (χ2n) is 6.60. The Labute approximate surface area is 149 Å². The Morgan fingerprint density at radius 3 is 2.80 bits per heavy atom. The number of anilines is 1. The van der Waals surface area contributed by atoms with Crippen molar-refractivity contribution in [1.29, 1.82) is 0 Å². The fraction of sp³-hybridized carbons (Fsp3) is 0.474. The lowest BCUT2D eigenvalue weighted by atomic mass is 10.1. The predicted molar refractivity (Wildman–Crippen MR) is 103 cm³/mol. The molecule has 3 rings (SSSR count). The molecule has 0 spiro atoms. The number of rotatable bonds is 5. The summed E-state index contributed by atoms with van der Waals surface area (Å²) >= 11 is 0. The van der Waals surface area contributed by atoms with Gasteiger partial charge >= 0.3 is 0 Å². The first-order chi connectivity index (χ1) is 12.2. The maximum atomic E-state index is 4.33. The largest absolute Gasteiger partial charge is 0.372 e. The Balaban J connectivity index is 1.59. The normalized spacial score (nSPS) is 16.1. The van der Waals surface area contributed by atoms with Crippen LogP contribution in [-0.2, 0) is 13.6 Å². The Kier molecular flexibility index (Phi) is 5.58. The summed E-state index contributed by atoms with van der Waals surface area (Å²) in [4.78, 5) is 6.80. The number of benzene rings is 1. The van der Waals surface area contributed by atoms with Gasteiger partial charge in [0.05, 0.1) is 12.2 Å². The molecule has 1 saturated heterocycles. The molecule has 1 aliphatic heterocycles. The molecule has 2 N–H and O–H groups in total.